The molecule has 1 unspecified atom stereocenters. The molecule has 3 heteroatoms. The zero-order chi connectivity index (χ0) is 12.3. The number of aryl methyl sites for hydroxylation is 1. The number of hydrogen-bond donors (Lipinski definition) is 1. The number of oxazole rings is 1. The second-order valence-electron chi connectivity index (χ2n) is 4.28. The lowest BCUT2D eigenvalue weighted by molar-refractivity contribution is 0.504. The van der Waals surface area contributed by atoms with Crippen LogP contribution in [-0.2, 0) is 6.42 Å². The molecule has 0 aliphatic carbocycles. The van der Waals surface area contributed by atoms with Crippen LogP contribution in [0.15, 0.2) is 34.9 Å². The molecule has 0 fully saturated rings. The Morgan fingerprint density at radius 1 is 1.35 bits per heavy atom. The smallest absolute Gasteiger partial charge is 0.198 e. The van der Waals surface area contributed by atoms with Crippen LogP contribution in [0.3, 0.4) is 0 Å². The molecular formula is C14H18N2O. The fraction of sp³-hybridized carbons (Fsp3) is 0.357. The Morgan fingerprint density at radius 3 is 2.82 bits per heavy atom. The molecule has 0 saturated carbocycles. The largest absolute Gasteiger partial charge is 0.448 e. The van der Waals surface area contributed by atoms with Crippen molar-refractivity contribution in [1.82, 2.24) is 10.3 Å². The van der Waals surface area contributed by atoms with Gasteiger partial charge in [-0.15, -0.1) is 0 Å². The van der Waals surface area contributed by atoms with E-state index in [1.165, 1.54) is 11.1 Å². The van der Waals surface area contributed by atoms with Gasteiger partial charge in [-0.2, -0.15) is 0 Å². The van der Waals surface area contributed by atoms with E-state index in [9.17, 15) is 0 Å². The standard InChI is InChI=1S/C14H18N2O/c1-10-6-4-5-7-12(10)8-14-16-13(9-17-14)11(2)15-3/h4-7,9,11,15H,8H2,1-3H3. The summed E-state index contributed by atoms with van der Waals surface area (Å²) in [6, 6.07) is 8.53. The second-order valence-corrected chi connectivity index (χ2v) is 4.28. The van der Waals surface area contributed by atoms with Gasteiger partial charge in [0.15, 0.2) is 5.89 Å². The number of benzene rings is 1. The summed E-state index contributed by atoms with van der Waals surface area (Å²) >= 11 is 0. The molecule has 0 bridgehead atoms. The van der Waals surface area contributed by atoms with Crippen molar-refractivity contribution in [2.24, 2.45) is 0 Å². The van der Waals surface area contributed by atoms with Gasteiger partial charge in [-0.05, 0) is 32.0 Å². The molecule has 2 aromatic rings. The van der Waals surface area contributed by atoms with Crippen LogP contribution < -0.4 is 5.32 Å². The first-order valence-corrected chi connectivity index (χ1v) is 5.86. The predicted octanol–water partition coefficient (Wildman–Crippen LogP) is 2.85. The average molecular weight is 230 g/mol. The van der Waals surface area contributed by atoms with Gasteiger partial charge in [-0.1, -0.05) is 24.3 Å². The van der Waals surface area contributed by atoms with Crippen LogP contribution >= 0.6 is 0 Å². The van der Waals surface area contributed by atoms with Crippen molar-refractivity contribution in [3.63, 3.8) is 0 Å². The van der Waals surface area contributed by atoms with Crippen LogP contribution in [0, 0.1) is 6.92 Å². The Hall–Kier alpha value is -1.61. The van der Waals surface area contributed by atoms with Gasteiger partial charge < -0.3 is 9.73 Å². The van der Waals surface area contributed by atoms with E-state index in [1.807, 2.05) is 19.2 Å². The zero-order valence-electron chi connectivity index (χ0n) is 10.5. The average Bonchev–Trinajstić information content (AvgIpc) is 2.80. The molecule has 17 heavy (non-hydrogen) atoms. The van der Waals surface area contributed by atoms with Crippen molar-refractivity contribution in [1.29, 1.82) is 0 Å². The highest BCUT2D eigenvalue weighted by Crippen LogP contribution is 2.16. The summed E-state index contributed by atoms with van der Waals surface area (Å²) in [6.07, 6.45) is 2.48. The summed E-state index contributed by atoms with van der Waals surface area (Å²) in [6.45, 7) is 4.17. The van der Waals surface area contributed by atoms with E-state index in [1.54, 1.807) is 6.26 Å². The fourth-order valence-corrected chi connectivity index (χ4v) is 1.72. The molecular weight excluding hydrogens is 212 g/mol. The van der Waals surface area contributed by atoms with E-state index in [4.69, 9.17) is 4.42 Å². The Labute approximate surface area is 102 Å². The molecule has 0 saturated heterocycles. The molecule has 1 heterocycles. The van der Waals surface area contributed by atoms with E-state index in [2.05, 4.69) is 36.3 Å². The third kappa shape index (κ3) is 2.74. The minimum atomic E-state index is 0.226. The second kappa shape index (κ2) is 5.15. The van der Waals surface area contributed by atoms with Crippen molar-refractivity contribution >= 4 is 0 Å². The first-order chi connectivity index (χ1) is 8.20. The first kappa shape index (κ1) is 11.9. The van der Waals surface area contributed by atoms with E-state index in [0.29, 0.717) is 0 Å². The third-order valence-electron chi connectivity index (χ3n) is 3.05. The van der Waals surface area contributed by atoms with Crippen molar-refractivity contribution in [2.75, 3.05) is 7.05 Å². The van der Waals surface area contributed by atoms with E-state index in [0.717, 1.165) is 18.0 Å². The molecule has 2 rings (SSSR count). The van der Waals surface area contributed by atoms with Crippen LogP contribution in [0.2, 0.25) is 0 Å². The number of rotatable bonds is 4. The van der Waals surface area contributed by atoms with Crippen molar-refractivity contribution in [3.05, 3.63) is 53.2 Å². The third-order valence-corrected chi connectivity index (χ3v) is 3.05. The highest BCUT2D eigenvalue weighted by atomic mass is 16.3. The maximum absolute atomic E-state index is 5.50. The molecule has 3 nitrogen and oxygen atoms in total. The van der Waals surface area contributed by atoms with Crippen molar-refractivity contribution in [3.8, 4) is 0 Å². The van der Waals surface area contributed by atoms with Gasteiger partial charge in [0.1, 0.15) is 6.26 Å². The molecule has 1 aromatic carbocycles. The van der Waals surface area contributed by atoms with Gasteiger partial charge in [0.2, 0.25) is 0 Å². The Balaban J connectivity index is 2.14. The quantitative estimate of drug-likeness (QED) is 0.877. The predicted molar refractivity (Wildman–Crippen MR) is 68.0 cm³/mol. The molecule has 0 spiro atoms. The van der Waals surface area contributed by atoms with Gasteiger partial charge in [-0.25, -0.2) is 4.98 Å². The Morgan fingerprint density at radius 2 is 2.12 bits per heavy atom. The summed E-state index contributed by atoms with van der Waals surface area (Å²) in [7, 11) is 1.92. The van der Waals surface area contributed by atoms with Gasteiger partial charge in [0.25, 0.3) is 0 Å². The minimum Gasteiger partial charge on any atom is -0.448 e. The SMILES string of the molecule is CNC(C)c1coc(Cc2ccccc2C)n1. The fourth-order valence-electron chi connectivity index (χ4n) is 1.72. The Kier molecular flexibility index (Phi) is 3.59. The maximum Gasteiger partial charge on any atom is 0.198 e. The maximum atomic E-state index is 5.50. The topological polar surface area (TPSA) is 38.1 Å². The lowest BCUT2D eigenvalue weighted by atomic mass is 10.1. The lowest BCUT2D eigenvalue weighted by Crippen LogP contribution is -2.12. The normalized spacial score (nSPS) is 12.6. The number of aromatic nitrogens is 1. The zero-order valence-corrected chi connectivity index (χ0v) is 10.5. The van der Waals surface area contributed by atoms with Crippen LogP contribution in [-0.4, -0.2) is 12.0 Å². The first-order valence-electron chi connectivity index (χ1n) is 5.86. The molecule has 90 valence electrons. The Bertz CT molecular complexity index is 490. The molecule has 0 aliphatic heterocycles. The number of nitrogens with zero attached hydrogens (tertiary/aromatic N) is 1. The monoisotopic (exact) mass is 230 g/mol. The minimum absolute atomic E-state index is 0.226. The van der Waals surface area contributed by atoms with E-state index < -0.39 is 0 Å². The molecule has 0 aliphatic rings. The highest BCUT2D eigenvalue weighted by Gasteiger charge is 2.10. The van der Waals surface area contributed by atoms with E-state index in [-0.39, 0.29) is 6.04 Å². The highest BCUT2D eigenvalue weighted by molar-refractivity contribution is 5.28. The van der Waals surface area contributed by atoms with Crippen LogP contribution in [0.4, 0.5) is 0 Å². The number of hydrogen-bond acceptors (Lipinski definition) is 3. The van der Waals surface area contributed by atoms with Gasteiger partial charge in [-0.3, -0.25) is 0 Å². The van der Waals surface area contributed by atoms with Gasteiger partial charge >= 0.3 is 0 Å². The summed E-state index contributed by atoms with van der Waals surface area (Å²) < 4.78 is 5.50. The molecule has 0 radical (unpaired) electrons. The van der Waals surface area contributed by atoms with E-state index >= 15 is 0 Å². The van der Waals surface area contributed by atoms with Crippen molar-refractivity contribution in [2.45, 2.75) is 26.3 Å². The van der Waals surface area contributed by atoms with Gasteiger partial charge in [0.05, 0.1) is 5.69 Å². The summed E-state index contributed by atoms with van der Waals surface area (Å²) in [4.78, 5) is 4.49. The van der Waals surface area contributed by atoms with Crippen molar-refractivity contribution < 1.29 is 4.42 Å². The summed E-state index contributed by atoms with van der Waals surface area (Å²) in [5.74, 6) is 0.774. The lowest BCUT2D eigenvalue weighted by Gasteiger charge is -2.04. The van der Waals surface area contributed by atoms with Gasteiger partial charge in [0, 0.05) is 12.5 Å². The summed E-state index contributed by atoms with van der Waals surface area (Å²) in [5, 5.41) is 3.15. The van der Waals surface area contributed by atoms with Crippen LogP contribution in [0.25, 0.3) is 0 Å². The molecule has 1 N–H and O–H groups in total. The number of nitrogens with one attached hydrogen (secondary N) is 1. The molecule has 1 aromatic heterocycles. The molecule has 0 amide bonds. The van der Waals surface area contributed by atoms with Crippen LogP contribution in [0.5, 0.6) is 0 Å². The summed E-state index contributed by atoms with van der Waals surface area (Å²) in [5.41, 5.74) is 3.49. The molecule has 1 atom stereocenters. The van der Waals surface area contributed by atoms with Crippen LogP contribution in [0.1, 0.15) is 35.7 Å².